The number of pyridine rings is 1. The molecular formula is C25H28N4O4S. The molecule has 178 valence electrons. The number of hydrogen-bond acceptors (Lipinski definition) is 5. The third-order valence-corrected chi connectivity index (χ3v) is 8.49. The predicted octanol–water partition coefficient (Wildman–Crippen LogP) is 3.34. The van der Waals surface area contributed by atoms with E-state index in [1.54, 1.807) is 4.68 Å². The van der Waals surface area contributed by atoms with E-state index in [-0.39, 0.29) is 34.4 Å². The number of thioether (sulfide) groups is 1. The van der Waals surface area contributed by atoms with Gasteiger partial charge in [-0.15, -0.1) is 11.8 Å². The van der Waals surface area contributed by atoms with E-state index in [9.17, 15) is 14.4 Å². The molecule has 0 aliphatic carbocycles. The molecule has 0 saturated carbocycles. The summed E-state index contributed by atoms with van der Waals surface area (Å²) in [6.45, 7) is 5.31. The van der Waals surface area contributed by atoms with Crippen LogP contribution in [-0.2, 0) is 22.5 Å². The minimum absolute atomic E-state index is 0.00864. The number of aromatic nitrogens is 3. The van der Waals surface area contributed by atoms with Gasteiger partial charge < -0.3 is 14.6 Å². The Morgan fingerprint density at radius 1 is 1.21 bits per heavy atom. The number of anilines is 1. The number of nitrogens with zero attached hydrogens (tertiary/aromatic N) is 2. The maximum Gasteiger partial charge on any atom is 0.270 e. The fourth-order valence-electron chi connectivity index (χ4n) is 5.76. The van der Waals surface area contributed by atoms with Crippen LogP contribution in [0.5, 0.6) is 0 Å². The number of aromatic amines is 1. The van der Waals surface area contributed by atoms with Crippen molar-refractivity contribution in [2.45, 2.75) is 63.0 Å². The van der Waals surface area contributed by atoms with Crippen molar-refractivity contribution < 1.29 is 9.53 Å². The number of H-pyrrole nitrogens is 1. The van der Waals surface area contributed by atoms with E-state index in [1.165, 1.54) is 17.3 Å². The highest BCUT2D eigenvalue weighted by Gasteiger charge is 2.37. The minimum Gasteiger partial charge on any atom is -0.375 e. The van der Waals surface area contributed by atoms with Gasteiger partial charge >= 0.3 is 0 Å². The van der Waals surface area contributed by atoms with E-state index in [0.29, 0.717) is 36.5 Å². The quantitative estimate of drug-likeness (QED) is 0.586. The molecule has 1 fully saturated rings. The molecule has 6 rings (SSSR count). The molecule has 0 radical (unpaired) electrons. The maximum absolute atomic E-state index is 13.7. The smallest absolute Gasteiger partial charge is 0.270 e. The number of carbonyl (C=O) groups is 1. The second-order valence-corrected chi connectivity index (χ2v) is 11.2. The molecule has 1 saturated heterocycles. The Kier molecular flexibility index (Phi) is 5.04. The average Bonchev–Trinajstić information content (AvgIpc) is 3.01. The number of para-hydroxylation sites is 1. The second kappa shape index (κ2) is 7.88. The Morgan fingerprint density at radius 3 is 2.88 bits per heavy atom. The van der Waals surface area contributed by atoms with Crippen LogP contribution in [0.4, 0.5) is 5.82 Å². The molecule has 2 unspecified atom stereocenters. The van der Waals surface area contributed by atoms with Crippen molar-refractivity contribution in [1.29, 1.82) is 0 Å². The van der Waals surface area contributed by atoms with Crippen LogP contribution >= 0.6 is 11.8 Å². The summed E-state index contributed by atoms with van der Waals surface area (Å²) in [5.74, 6) is 0.493. The average molecular weight is 481 g/mol. The van der Waals surface area contributed by atoms with E-state index in [1.807, 2.05) is 36.6 Å². The van der Waals surface area contributed by atoms with Gasteiger partial charge in [0.25, 0.3) is 11.1 Å². The van der Waals surface area contributed by atoms with Gasteiger partial charge in [-0.1, -0.05) is 18.2 Å². The highest BCUT2D eigenvalue weighted by Crippen LogP contribution is 2.42. The third kappa shape index (κ3) is 3.44. The molecule has 3 aliphatic heterocycles. The van der Waals surface area contributed by atoms with Crippen LogP contribution in [0.15, 0.2) is 33.9 Å². The van der Waals surface area contributed by atoms with Crippen molar-refractivity contribution in [2.24, 2.45) is 0 Å². The van der Waals surface area contributed by atoms with Gasteiger partial charge in [0.2, 0.25) is 5.91 Å². The van der Waals surface area contributed by atoms with Gasteiger partial charge in [0, 0.05) is 18.7 Å². The molecule has 0 spiro atoms. The van der Waals surface area contributed by atoms with Crippen molar-refractivity contribution in [3.05, 3.63) is 61.7 Å². The van der Waals surface area contributed by atoms with E-state index in [2.05, 4.69) is 16.5 Å². The van der Waals surface area contributed by atoms with Crippen LogP contribution in [0.25, 0.3) is 10.9 Å². The first kappa shape index (κ1) is 21.7. The normalized spacial score (nSPS) is 23.9. The third-order valence-electron chi connectivity index (χ3n) is 7.23. The molecular weight excluding hydrogens is 452 g/mol. The number of hydrogen-bond donors (Lipinski definition) is 2. The molecule has 2 N–H and O–H groups in total. The zero-order valence-corrected chi connectivity index (χ0v) is 20.2. The van der Waals surface area contributed by atoms with Gasteiger partial charge in [-0.25, -0.2) is 0 Å². The highest BCUT2D eigenvalue weighted by atomic mass is 32.2. The molecule has 34 heavy (non-hydrogen) atoms. The predicted molar refractivity (Wildman–Crippen MR) is 133 cm³/mol. The number of rotatable bonds is 2. The summed E-state index contributed by atoms with van der Waals surface area (Å²) in [5, 5.41) is 6.42. The summed E-state index contributed by atoms with van der Waals surface area (Å²) in [7, 11) is 0. The standard InChI is InChI=1S/C25H28N4O4S/c1-25(2)12-16(8-10-33-25)29-22-19(23(31)27-29)21(34-13-18(30)26-22)17-11-15-6-3-5-14-7-4-9-28(20(14)15)24(17)32/h3,5-6,11,16,21H,4,7-10,12-13H2,1-2H3,(H,26,30)(H,27,31). The van der Waals surface area contributed by atoms with Crippen molar-refractivity contribution in [1.82, 2.24) is 14.3 Å². The van der Waals surface area contributed by atoms with Crippen LogP contribution in [0, 0.1) is 0 Å². The van der Waals surface area contributed by atoms with Gasteiger partial charge in [-0.2, -0.15) is 0 Å². The molecule has 2 aromatic heterocycles. The fraction of sp³-hybridized carbons (Fsp3) is 0.480. The Bertz CT molecular complexity index is 1430. The van der Waals surface area contributed by atoms with Crippen molar-refractivity contribution in [2.75, 3.05) is 17.7 Å². The lowest BCUT2D eigenvalue weighted by molar-refractivity contribution is -0.113. The molecule has 1 amide bonds. The number of amides is 1. The lowest BCUT2D eigenvalue weighted by Crippen LogP contribution is -2.36. The number of carbonyl (C=O) groups excluding carboxylic acids is 1. The van der Waals surface area contributed by atoms with E-state index >= 15 is 0 Å². The molecule has 3 aromatic rings. The molecule has 5 heterocycles. The lowest BCUT2D eigenvalue weighted by Gasteiger charge is -2.36. The summed E-state index contributed by atoms with van der Waals surface area (Å²) in [6.07, 6.45) is 3.32. The summed E-state index contributed by atoms with van der Waals surface area (Å²) < 4.78 is 9.52. The molecule has 9 heteroatoms. The van der Waals surface area contributed by atoms with Gasteiger partial charge in [-0.05, 0) is 56.5 Å². The molecule has 3 aliphatic rings. The first-order valence-corrected chi connectivity index (χ1v) is 12.9. The summed E-state index contributed by atoms with van der Waals surface area (Å²) in [6, 6.07) is 8.04. The minimum atomic E-state index is -0.530. The summed E-state index contributed by atoms with van der Waals surface area (Å²) in [4.78, 5) is 39.8. The van der Waals surface area contributed by atoms with Crippen LogP contribution in [0.1, 0.15) is 61.1 Å². The SMILES string of the molecule is CC1(C)CC(n2[nH]c(=O)c3c2NC(=O)CSC3c2cc3cccc4c3n(c2=O)CCC4)CCO1. The van der Waals surface area contributed by atoms with Crippen LogP contribution in [0.3, 0.4) is 0 Å². The number of fused-ring (bicyclic) bond motifs is 1. The number of ether oxygens (including phenoxy) is 1. The van der Waals surface area contributed by atoms with E-state index in [0.717, 1.165) is 30.2 Å². The molecule has 1 aromatic carbocycles. The van der Waals surface area contributed by atoms with Crippen LogP contribution in [0.2, 0.25) is 0 Å². The Hall–Kier alpha value is -2.78. The van der Waals surface area contributed by atoms with Gasteiger partial charge in [0.1, 0.15) is 5.82 Å². The number of aryl methyl sites for hydroxylation is 2. The second-order valence-electron chi connectivity index (χ2n) is 10.1. The molecule has 0 bridgehead atoms. The Labute approximate surface area is 200 Å². The highest BCUT2D eigenvalue weighted by molar-refractivity contribution is 8.00. The number of benzene rings is 1. The summed E-state index contributed by atoms with van der Waals surface area (Å²) >= 11 is 1.34. The fourth-order valence-corrected chi connectivity index (χ4v) is 6.88. The van der Waals surface area contributed by atoms with Gasteiger partial charge in [0.05, 0.1) is 33.7 Å². The van der Waals surface area contributed by atoms with Crippen molar-refractivity contribution >= 4 is 34.4 Å². The first-order valence-electron chi connectivity index (χ1n) is 11.9. The number of nitrogens with one attached hydrogen (secondary N) is 2. The zero-order chi connectivity index (χ0) is 23.6. The van der Waals surface area contributed by atoms with Crippen molar-refractivity contribution in [3.63, 3.8) is 0 Å². The molecule has 2 atom stereocenters. The van der Waals surface area contributed by atoms with Crippen LogP contribution < -0.4 is 16.4 Å². The zero-order valence-electron chi connectivity index (χ0n) is 19.3. The van der Waals surface area contributed by atoms with Gasteiger partial charge in [-0.3, -0.25) is 24.2 Å². The van der Waals surface area contributed by atoms with E-state index in [4.69, 9.17) is 4.74 Å². The van der Waals surface area contributed by atoms with Crippen LogP contribution in [-0.4, -0.2) is 38.2 Å². The lowest BCUT2D eigenvalue weighted by atomic mass is 9.94. The van der Waals surface area contributed by atoms with E-state index < -0.39 is 5.25 Å². The first-order chi connectivity index (χ1) is 16.3. The van der Waals surface area contributed by atoms with Crippen molar-refractivity contribution in [3.8, 4) is 0 Å². The Balaban J connectivity index is 1.53. The Morgan fingerprint density at radius 2 is 2.06 bits per heavy atom. The topological polar surface area (TPSA) is 98.1 Å². The monoisotopic (exact) mass is 480 g/mol. The largest absolute Gasteiger partial charge is 0.375 e. The summed E-state index contributed by atoms with van der Waals surface area (Å²) in [5.41, 5.74) is 2.54. The van der Waals surface area contributed by atoms with Gasteiger partial charge in [0.15, 0.2) is 0 Å². The maximum atomic E-state index is 13.7. The molecule has 8 nitrogen and oxygen atoms in total.